The van der Waals surface area contributed by atoms with Gasteiger partial charge in [0.1, 0.15) is 17.7 Å². The first kappa shape index (κ1) is 60.2. The van der Waals surface area contributed by atoms with Crippen LogP contribution in [0.15, 0.2) is 72.5 Å². The molecule has 81 heavy (non-hydrogen) atoms. The van der Waals surface area contributed by atoms with Crippen LogP contribution in [0.2, 0.25) is 0 Å². The zero-order valence-corrected chi connectivity index (χ0v) is 47.3. The van der Waals surface area contributed by atoms with E-state index in [4.69, 9.17) is 4.74 Å². The number of aliphatic hydroxyl groups is 1. The number of ether oxygens (including phenoxy) is 1. The van der Waals surface area contributed by atoms with Gasteiger partial charge in [-0.3, -0.25) is 28.9 Å². The van der Waals surface area contributed by atoms with Crippen LogP contribution in [-0.4, -0.2) is 161 Å². The van der Waals surface area contributed by atoms with E-state index < -0.39 is 70.3 Å². The molecule has 434 valence electrons. The molecule has 0 saturated carbocycles. The molecule has 3 aliphatic rings. The summed E-state index contributed by atoms with van der Waals surface area (Å²) in [7, 11) is 1.96. The van der Waals surface area contributed by atoms with Crippen LogP contribution in [0, 0.1) is 24.0 Å². The number of Topliss-reactive ketones (excluding diaryl/α,β-unsaturated/α-hetero) is 1. The Labute approximate surface area is 471 Å². The molecule has 0 bridgehead atoms. The number of likely N-dealkylation sites (tertiary alicyclic amines) is 1. The molecular weight excluding hydrogens is 1080 g/mol. The number of aliphatic hydroxyl groups excluding tert-OH is 1. The lowest BCUT2D eigenvalue weighted by atomic mass is 9.85. The fraction of sp³-hybridized carbons (Fsp3) is 0.483. The summed E-state index contributed by atoms with van der Waals surface area (Å²) in [6, 6.07) is 10.5. The summed E-state index contributed by atoms with van der Waals surface area (Å²) < 4.78 is 77.8. The first-order valence-corrected chi connectivity index (χ1v) is 28.0. The highest BCUT2D eigenvalue weighted by Gasteiger charge is 2.44. The van der Waals surface area contributed by atoms with Gasteiger partial charge in [-0.05, 0) is 81.1 Å². The van der Waals surface area contributed by atoms with Gasteiger partial charge in [0.25, 0.3) is 5.91 Å². The summed E-state index contributed by atoms with van der Waals surface area (Å²) in [5, 5.41) is 16.0. The van der Waals surface area contributed by atoms with Gasteiger partial charge in [0.15, 0.2) is 5.78 Å². The Bertz CT molecular complexity index is 3060. The van der Waals surface area contributed by atoms with E-state index in [9.17, 15) is 46.6 Å². The first-order chi connectivity index (χ1) is 38.4. The maximum Gasteiger partial charge on any atom is 0.417 e. The van der Waals surface area contributed by atoms with Gasteiger partial charge in [-0.25, -0.2) is 23.7 Å². The number of carbonyl (C=O) groups excluding carboxylic acids is 5. The van der Waals surface area contributed by atoms with E-state index in [2.05, 4.69) is 30.5 Å². The topological polar surface area (TPSA) is 194 Å². The number of amides is 4. The van der Waals surface area contributed by atoms with Crippen molar-refractivity contribution in [1.82, 2.24) is 35.0 Å². The number of ketones is 1. The maximum absolute atomic E-state index is 16.2. The van der Waals surface area contributed by atoms with Crippen molar-refractivity contribution in [2.45, 2.75) is 110 Å². The van der Waals surface area contributed by atoms with Crippen molar-refractivity contribution < 1.29 is 55.8 Å². The molecule has 3 N–H and O–H groups in total. The number of hydrogen-bond acceptors (Lipinski definition) is 14. The Kier molecular flexibility index (Phi) is 18.9. The molecule has 8 rings (SSSR count). The maximum atomic E-state index is 16.2. The van der Waals surface area contributed by atoms with E-state index in [-0.39, 0.29) is 97.8 Å². The molecular formula is C58H69F5N10O7S. The Morgan fingerprint density at radius 1 is 0.827 bits per heavy atom. The lowest BCUT2D eigenvalue weighted by Crippen LogP contribution is -2.56. The second-order valence-corrected chi connectivity index (χ2v) is 23.1. The molecule has 4 amide bonds. The van der Waals surface area contributed by atoms with Crippen molar-refractivity contribution in [3.63, 3.8) is 0 Å². The number of rotatable bonds is 18. The fourth-order valence-corrected chi connectivity index (χ4v) is 11.3. The number of aryl methyl sites for hydroxylation is 2. The van der Waals surface area contributed by atoms with Gasteiger partial charge in [0.2, 0.25) is 23.7 Å². The monoisotopic (exact) mass is 1140 g/mol. The van der Waals surface area contributed by atoms with E-state index in [1.165, 1.54) is 29.4 Å². The minimum Gasteiger partial charge on any atom is -0.391 e. The van der Waals surface area contributed by atoms with Gasteiger partial charge in [0, 0.05) is 101 Å². The van der Waals surface area contributed by atoms with Gasteiger partial charge in [-0.1, -0.05) is 45.0 Å². The average molecular weight is 1150 g/mol. The van der Waals surface area contributed by atoms with Crippen LogP contribution in [0.4, 0.5) is 39.3 Å². The number of nitrogens with one attached hydrogen (secondary N) is 2. The zero-order valence-electron chi connectivity index (χ0n) is 46.5. The molecule has 3 aromatic carbocycles. The van der Waals surface area contributed by atoms with Crippen LogP contribution in [-0.2, 0) is 36.5 Å². The third kappa shape index (κ3) is 14.6. The highest BCUT2D eigenvalue weighted by molar-refractivity contribution is 7.13. The molecule has 2 aromatic heterocycles. The highest BCUT2D eigenvalue weighted by Crippen LogP contribution is 2.38. The summed E-state index contributed by atoms with van der Waals surface area (Å²) in [6.07, 6.45) is -2.41. The van der Waals surface area contributed by atoms with Crippen LogP contribution in [0.1, 0.15) is 87.5 Å². The van der Waals surface area contributed by atoms with E-state index >= 15 is 4.39 Å². The molecule has 23 heteroatoms. The molecule has 5 aromatic rings. The number of piperazine rings is 2. The fourth-order valence-electron chi connectivity index (χ4n) is 10.5. The van der Waals surface area contributed by atoms with Crippen LogP contribution in [0.5, 0.6) is 0 Å². The minimum absolute atomic E-state index is 0.0105. The summed E-state index contributed by atoms with van der Waals surface area (Å²) in [5.74, 6) is -3.92. The molecule has 0 unspecified atom stereocenters. The van der Waals surface area contributed by atoms with Gasteiger partial charge in [-0.15, -0.1) is 11.3 Å². The molecule has 0 radical (unpaired) electrons. The molecule has 3 saturated heterocycles. The van der Waals surface area contributed by atoms with E-state index in [1.54, 1.807) is 21.7 Å². The number of alkyl halides is 3. The van der Waals surface area contributed by atoms with Gasteiger partial charge in [0.05, 0.1) is 70.4 Å². The Balaban J connectivity index is 0.806. The molecule has 5 atom stereocenters. The van der Waals surface area contributed by atoms with Gasteiger partial charge < -0.3 is 40.1 Å². The second kappa shape index (κ2) is 25.5. The van der Waals surface area contributed by atoms with Crippen molar-refractivity contribution in [3.05, 3.63) is 107 Å². The predicted molar refractivity (Wildman–Crippen MR) is 298 cm³/mol. The molecule has 3 fully saturated rings. The Morgan fingerprint density at radius 2 is 1.49 bits per heavy atom. The second-order valence-electron chi connectivity index (χ2n) is 22.2. The number of β-amino-alcohol motifs (C(OH)–C–C–N with tert-alkyl or cyclic N) is 1. The van der Waals surface area contributed by atoms with E-state index in [0.29, 0.717) is 51.6 Å². The van der Waals surface area contributed by atoms with E-state index in [0.717, 1.165) is 33.8 Å². The van der Waals surface area contributed by atoms with Crippen molar-refractivity contribution >= 4 is 58.1 Å². The molecule has 0 aliphatic carbocycles. The average Bonchev–Trinajstić information content (AvgIpc) is 4.09. The normalized spacial score (nSPS) is 19.4. The zero-order chi connectivity index (χ0) is 58.5. The third-order valence-corrected chi connectivity index (χ3v) is 16.3. The van der Waals surface area contributed by atoms with Crippen molar-refractivity contribution in [2.24, 2.45) is 5.41 Å². The highest BCUT2D eigenvalue weighted by atomic mass is 32.1. The summed E-state index contributed by atoms with van der Waals surface area (Å²) in [6.45, 7) is 13.6. The summed E-state index contributed by atoms with van der Waals surface area (Å²) in [4.78, 5) is 91.1. The number of thiazole rings is 1. The van der Waals surface area contributed by atoms with Crippen LogP contribution < -0.4 is 20.4 Å². The number of nitrogens with zero attached hydrogens (tertiary/aromatic N) is 8. The third-order valence-electron chi connectivity index (χ3n) is 15.3. The quantitative estimate of drug-likeness (QED) is 0.0569. The number of carbonyl (C=O) groups is 5. The number of halogens is 5. The van der Waals surface area contributed by atoms with Crippen LogP contribution in [0.25, 0.3) is 21.6 Å². The number of benzene rings is 3. The summed E-state index contributed by atoms with van der Waals surface area (Å²) >= 11 is 1.56. The SMILES string of the molecule is Cc1ncsc1-c1ccc(CCC(=O)[C@@H]2C[C@@H](O)CN2C(=O)[C@@H](NC(=O)CCOCCC(=O)N2CCN(c3ncc(-c4cc(NC(=O)c5ccc(F)cc5C(F)(F)F)c(N5C[C@@H](C)N(C)[C@@H](C)C5)cc4F)cn3)CC2)C(C)(C)C)cc1. The van der Waals surface area contributed by atoms with Gasteiger partial charge in [-0.2, -0.15) is 13.2 Å². The summed E-state index contributed by atoms with van der Waals surface area (Å²) in [5.41, 5.74) is 2.27. The molecule has 5 heterocycles. The first-order valence-electron chi connectivity index (χ1n) is 27.1. The number of aromatic nitrogens is 3. The van der Waals surface area contributed by atoms with Gasteiger partial charge >= 0.3 is 6.18 Å². The number of likely N-dealkylation sites (N-methyl/N-ethyl adjacent to an activating group) is 1. The Morgan fingerprint density at radius 3 is 2.12 bits per heavy atom. The van der Waals surface area contributed by atoms with E-state index in [1.807, 2.05) is 82.7 Å². The molecule has 3 aliphatic heterocycles. The largest absolute Gasteiger partial charge is 0.417 e. The van der Waals surface area contributed by atoms with Crippen LogP contribution >= 0.6 is 11.3 Å². The van der Waals surface area contributed by atoms with Crippen molar-refractivity contribution in [3.8, 4) is 21.6 Å². The minimum atomic E-state index is -5.03. The lowest BCUT2D eigenvalue weighted by molar-refractivity contribution is -0.143. The number of anilines is 3. The van der Waals surface area contributed by atoms with Crippen molar-refractivity contribution in [2.75, 3.05) is 81.2 Å². The Hall–Kier alpha value is -6.95. The van der Waals surface area contributed by atoms with Crippen LogP contribution in [0.3, 0.4) is 0 Å². The lowest BCUT2D eigenvalue weighted by Gasteiger charge is -2.44. The smallest absolute Gasteiger partial charge is 0.391 e. The molecule has 0 spiro atoms. The standard InChI is InChI=1S/C58H69F5N10O7S/c1-34-30-72(31-35(2)69(34)7)47-27-45(60)43(26-46(47)67-54(78)42-14-13-40(59)24-44(42)58(61,62)63)39-28-64-56(65-29-39)71-20-18-70(19-21-71)51(77)17-23-80-22-16-50(76)68-53(57(4,5)6)55(79)73-32-41(74)25-48(73)49(75)15-10-37-8-11-38(12-9-37)52-36(3)66-33-81-52/h8-9,11-14,24,26-29,33-35,41,48,53,74H,10,15-23,25,30-32H2,1-7H3,(H,67,78)(H,68,76)/t34-,35+,41-,48+,53-/m1/s1. The van der Waals surface area contributed by atoms with Crippen molar-refractivity contribution in [1.29, 1.82) is 0 Å². The molecule has 17 nitrogen and oxygen atoms in total. The predicted octanol–water partition coefficient (Wildman–Crippen LogP) is 7.79. The number of hydrogen-bond donors (Lipinski definition) is 3.